The first-order valence-corrected chi connectivity index (χ1v) is 48.5. The van der Waals surface area contributed by atoms with Gasteiger partial charge in [-0.2, -0.15) is 0 Å². The summed E-state index contributed by atoms with van der Waals surface area (Å²) in [5, 5.41) is 22.8. The standard InChI is InChI=1S/C68H46N2O2.C66H42N2O2/c1-43-15-11-19-51(39-43)69(49-35-31-45(32-36-49)55-25-13-27-59-57-23-7-9-29-63(57)71-67(55)59)65-53-21-5-3-17-47(53)42-62-61(65)41-48-18-4-6-22-54(48)66(62)70(52-20-12-16-44(2)40-52)50-37-33-46(34-38-50)56-26-14-28-60-58-24-8-10-30-64(58)72-68(56)60;1-3-19-47(20-4-1)67(49-37-33-43(34-38-49)53-27-15-29-57-55-25-11-13-31-61(55)69-65(53)57)63-51-23-9-7-17-45(51)42-60-59(63)41-46-18-8-10-24-52(46)64(60)68(48-21-5-2-6-22-48)50-39-35-44(36-40-50)54-28-16-30-58-56-26-12-14-32-62(56)70-66(54)58/h3-42H,1-2H3;1-42H. The van der Waals surface area contributed by atoms with Gasteiger partial charge in [0, 0.05) is 154 Å². The number of hydrogen-bond acceptors (Lipinski definition) is 8. The summed E-state index contributed by atoms with van der Waals surface area (Å²) in [6, 6.07) is 179. The second-order valence-electron chi connectivity index (χ2n) is 37.0. The van der Waals surface area contributed by atoms with E-state index in [1.807, 2.05) is 48.5 Å². The average molecular weight is 1820 g/mol. The maximum atomic E-state index is 6.53. The Morgan fingerprint density at radius 2 is 0.338 bits per heavy atom. The Morgan fingerprint density at radius 3 is 0.592 bits per heavy atom. The second-order valence-corrected chi connectivity index (χ2v) is 37.0. The van der Waals surface area contributed by atoms with Gasteiger partial charge in [-0.15, -0.1) is 0 Å². The van der Waals surface area contributed by atoms with Crippen molar-refractivity contribution >= 4 is 221 Å². The van der Waals surface area contributed by atoms with E-state index < -0.39 is 0 Å². The molecule has 0 aliphatic rings. The van der Waals surface area contributed by atoms with Gasteiger partial charge in [-0.05, 0) is 214 Å². The Kier molecular flexibility index (Phi) is 19.9. The van der Waals surface area contributed by atoms with E-state index in [-0.39, 0.29) is 0 Å². The van der Waals surface area contributed by atoms with Gasteiger partial charge in [0.2, 0.25) is 0 Å². The smallest absolute Gasteiger partial charge is 0.143 e. The molecule has 0 saturated carbocycles. The zero-order valence-corrected chi connectivity index (χ0v) is 77.8. The van der Waals surface area contributed by atoms with Crippen LogP contribution in [0.25, 0.3) is 197 Å². The first-order valence-electron chi connectivity index (χ1n) is 48.5. The topological polar surface area (TPSA) is 65.5 Å². The van der Waals surface area contributed by atoms with E-state index in [2.05, 4.69) is 482 Å². The van der Waals surface area contributed by atoms with Crippen molar-refractivity contribution in [3.63, 3.8) is 0 Å². The third-order valence-corrected chi connectivity index (χ3v) is 28.5. The van der Waals surface area contributed by atoms with Crippen molar-refractivity contribution in [2.45, 2.75) is 13.8 Å². The number of hydrogen-bond donors (Lipinski definition) is 0. The molecule has 0 amide bonds. The average Bonchev–Trinajstić information content (AvgIpc) is 0.808. The summed E-state index contributed by atoms with van der Waals surface area (Å²) in [7, 11) is 0. The van der Waals surface area contributed by atoms with Crippen LogP contribution in [0.2, 0.25) is 0 Å². The van der Waals surface area contributed by atoms with Crippen molar-refractivity contribution in [2.24, 2.45) is 0 Å². The van der Waals surface area contributed by atoms with E-state index in [0.29, 0.717) is 0 Å². The predicted molar refractivity (Wildman–Crippen MR) is 597 cm³/mol. The molecule has 0 aliphatic heterocycles. The Morgan fingerprint density at radius 1 is 0.141 bits per heavy atom. The molecule has 0 unspecified atom stereocenters. The number of benzene rings is 24. The Balaban J connectivity index is 0.000000142. The van der Waals surface area contributed by atoms with Crippen LogP contribution in [0.5, 0.6) is 0 Å². The van der Waals surface area contributed by atoms with Crippen LogP contribution in [0.3, 0.4) is 0 Å². The fraction of sp³-hybridized carbons (Fsp3) is 0.0149. The SMILES string of the molecule is Cc1cccc(N(c2ccc(-c3cccc4c3oc3ccccc34)cc2)c2c3ccccc3cc3c(N(c4ccc(-c5cccc6c5oc5ccccc56)cc4)c4cccc(C)c4)c4ccccc4cc23)c1.c1ccc(N(c2ccc(-c3cccc4c3oc3ccccc34)cc2)c2c3ccccc3cc3c(N(c4ccccc4)c4ccc(-c5cccc6c5oc5ccccc56)cc4)c4ccccc4cc23)cc1. The molecule has 4 heterocycles. The van der Waals surface area contributed by atoms with E-state index in [1.165, 1.54) is 11.1 Å². The molecule has 668 valence electrons. The van der Waals surface area contributed by atoms with Gasteiger partial charge in [-0.3, -0.25) is 0 Å². The van der Waals surface area contributed by atoms with Gasteiger partial charge in [0.05, 0.1) is 22.7 Å². The lowest BCUT2D eigenvalue weighted by molar-refractivity contribution is 0.669. The monoisotopic (exact) mass is 1820 g/mol. The van der Waals surface area contributed by atoms with Crippen molar-refractivity contribution in [1.82, 2.24) is 0 Å². The van der Waals surface area contributed by atoms with Gasteiger partial charge in [0.15, 0.2) is 0 Å². The number of anilines is 12. The van der Waals surface area contributed by atoms with Crippen molar-refractivity contribution in [2.75, 3.05) is 19.6 Å². The van der Waals surface area contributed by atoms with E-state index >= 15 is 0 Å². The van der Waals surface area contributed by atoms with Gasteiger partial charge >= 0.3 is 0 Å². The van der Waals surface area contributed by atoms with Gasteiger partial charge in [-0.25, -0.2) is 0 Å². The van der Waals surface area contributed by atoms with Crippen molar-refractivity contribution in [1.29, 1.82) is 0 Å². The lowest BCUT2D eigenvalue weighted by Gasteiger charge is -2.32. The molecule has 8 heteroatoms. The minimum absolute atomic E-state index is 0.895. The van der Waals surface area contributed by atoms with Crippen LogP contribution in [0.15, 0.2) is 515 Å². The largest absolute Gasteiger partial charge is 0.455 e. The predicted octanol–water partition coefficient (Wildman–Crippen LogP) is 39.1. The van der Waals surface area contributed by atoms with Crippen LogP contribution in [-0.2, 0) is 0 Å². The number of furan rings is 4. The fourth-order valence-electron chi connectivity index (χ4n) is 22.0. The molecular weight excluding hydrogens is 1730 g/mol. The van der Waals surface area contributed by atoms with Gasteiger partial charge in [0.25, 0.3) is 0 Å². The zero-order valence-electron chi connectivity index (χ0n) is 77.8. The highest BCUT2D eigenvalue weighted by molar-refractivity contribution is 6.27. The quantitative estimate of drug-likeness (QED) is 0.0887. The maximum Gasteiger partial charge on any atom is 0.143 e. The lowest BCUT2D eigenvalue weighted by atomic mass is 9.93. The third-order valence-electron chi connectivity index (χ3n) is 28.5. The molecule has 142 heavy (non-hydrogen) atoms. The highest BCUT2D eigenvalue weighted by atomic mass is 16.3. The highest BCUT2D eigenvalue weighted by Crippen LogP contribution is 2.56. The molecule has 0 N–H and O–H groups in total. The summed E-state index contributed by atoms with van der Waals surface area (Å²) in [5.74, 6) is 0. The molecular formula is C134H88N4O4. The zero-order chi connectivity index (χ0) is 94.0. The molecule has 28 rings (SSSR count). The summed E-state index contributed by atoms with van der Waals surface area (Å²) in [5.41, 5.74) is 31.2. The number of aryl methyl sites for hydroxylation is 2. The normalized spacial score (nSPS) is 11.7. The number of fused-ring (bicyclic) bond motifs is 18. The molecule has 0 fully saturated rings. The van der Waals surface area contributed by atoms with Crippen molar-refractivity contribution < 1.29 is 17.7 Å². The summed E-state index contributed by atoms with van der Waals surface area (Å²) < 4.78 is 26.1. The van der Waals surface area contributed by atoms with Crippen LogP contribution in [0, 0.1) is 13.8 Å². The van der Waals surface area contributed by atoms with E-state index in [9.17, 15) is 0 Å². The minimum Gasteiger partial charge on any atom is -0.455 e. The summed E-state index contributed by atoms with van der Waals surface area (Å²) >= 11 is 0. The van der Waals surface area contributed by atoms with Crippen LogP contribution in [-0.4, -0.2) is 0 Å². The summed E-state index contributed by atoms with van der Waals surface area (Å²) in [6.45, 7) is 4.35. The molecule has 8 nitrogen and oxygen atoms in total. The first-order chi connectivity index (χ1) is 70.2. The van der Waals surface area contributed by atoms with Crippen LogP contribution in [0.1, 0.15) is 11.1 Å². The maximum absolute atomic E-state index is 6.53. The lowest BCUT2D eigenvalue weighted by Crippen LogP contribution is -2.14. The molecule has 0 atom stereocenters. The van der Waals surface area contributed by atoms with Gasteiger partial charge in [-0.1, -0.05) is 352 Å². The molecule has 0 bridgehead atoms. The van der Waals surface area contributed by atoms with Crippen LogP contribution >= 0.6 is 0 Å². The van der Waals surface area contributed by atoms with Crippen LogP contribution < -0.4 is 19.6 Å². The molecule has 0 aliphatic carbocycles. The number of para-hydroxylation sites is 10. The second kappa shape index (κ2) is 34.2. The van der Waals surface area contributed by atoms with Crippen molar-refractivity contribution in [3.8, 4) is 44.5 Å². The molecule has 0 saturated heterocycles. The Labute approximate surface area is 819 Å². The minimum atomic E-state index is 0.895. The van der Waals surface area contributed by atoms with E-state index in [1.54, 1.807) is 0 Å². The van der Waals surface area contributed by atoms with E-state index in [4.69, 9.17) is 17.7 Å². The Bertz CT molecular complexity index is 9280. The van der Waals surface area contributed by atoms with E-state index in [0.717, 1.165) is 265 Å². The molecule has 28 aromatic rings. The van der Waals surface area contributed by atoms with Crippen molar-refractivity contribution in [3.05, 3.63) is 509 Å². The highest BCUT2D eigenvalue weighted by Gasteiger charge is 2.30. The number of rotatable bonds is 16. The first kappa shape index (κ1) is 82.7. The van der Waals surface area contributed by atoms with Gasteiger partial charge in [0.1, 0.15) is 44.7 Å². The third kappa shape index (κ3) is 14.0. The number of nitrogens with zero attached hydrogens (tertiary/aromatic N) is 4. The molecule has 24 aromatic carbocycles. The fourth-order valence-corrected chi connectivity index (χ4v) is 22.0. The summed E-state index contributed by atoms with van der Waals surface area (Å²) in [6.07, 6.45) is 0. The Hall–Kier alpha value is -18.8. The molecule has 0 radical (unpaired) electrons. The molecule has 0 spiro atoms. The summed E-state index contributed by atoms with van der Waals surface area (Å²) in [4.78, 5) is 9.81. The van der Waals surface area contributed by atoms with Crippen LogP contribution in [0.4, 0.5) is 68.2 Å². The van der Waals surface area contributed by atoms with Gasteiger partial charge < -0.3 is 37.3 Å². The molecule has 4 aromatic heterocycles.